The van der Waals surface area contributed by atoms with Crippen LogP contribution in [0, 0.1) is 23.7 Å². The zero-order valence-corrected chi connectivity index (χ0v) is 6.40. The first-order valence-corrected chi connectivity index (χ1v) is 4.44. The number of aliphatic hydroxyl groups is 1. The Morgan fingerprint density at radius 3 is 2.82 bits per heavy atom. The smallest absolute Gasteiger partial charge is 0.0587 e. The summed E-state index contributed by atoms with van der Waals surface area (Å²) in [5.74, 6) is 3.29. The second kappa shape index (κ2) is 1.87. The third-order valence-corrected chi connectivity index (χ3v) is 3.71. The zero-order chi connectivity index (χ0) is 7.42. The molecule has 2 nitrogen and oxygen atoms in total. The molecule has 2 aliphatic carbocycles. The van der Waals surface area contributed by atoms with E-state index in [1.165, 1.54) is 0 Å². The summed E-state index contributed by atoms with van der Waals surface area (Å²) >= 11 is 0. The topological polar surface area (TPSA) is 32.3 Å². The van der Waals surface area contributed by atoms with E-state index in [-0.39, 0.29) is 0 Å². The largest absolute Gasteiger partial charge is 0.395 e. The molecule has 11 heavy (non-hydrogen) atoms. The lowest BCUT2D eigenvalue weighted by atomic mass is 9.51. The van der Waals surface area contributed by atoms with Crippen molar-refractivity contribution in [2.75, 3.05) is 13.2 Å². The van der Waals surface area contributed by atoms with Gasteiger partial charge in [0.05, 0.1) is 6.61 Å². The van der Waals surface area contributed by atoms with Gasteiger partial charge in [-0.05, 0) is 30.2 Å². The standard InChI is InChI=1S/C9H13NO/c11-4-8-9-6-2-1-5(6)7(9)3-10-8/h1-2,5-11H,3-4H2/t5-,6?,7-,8-,9+/m1/s1. The van der Waals surface area contributed by atoms with Gasteiger partial charge >= 0.3 is 0 Å². The lowest BCUT2D eigenvalue weighted by molar-refractivity contribution is 0.0319. The average molecular weight is 151 g/mol. The van der Waals surface area contributed by atoms with Crippen LogP contribution in [0.2, 0.25) is 0 Å². The van der Waals surface area contributed by atoms with Crippen molar-refractivity contribution in [2.45, 2.75) is 6.04 Å². The normalized spacial score (nSPS) is 57.7. The van der Waals surface area contributed by atoms with Gasteiger partial charge in [-0.2, -0.15) is 0 Å². The Hall–Kier alpha value is -0.340. The Balaban J connectivity index is 1.83. The molecule has 1 aliphatic heterocycles. The van der Waals surface area contributed by atoms with E-state index < -0.39 is 0 Å². The molecular weight excluding hydrogens is 138 g/mol. The highest BCUT2D eigenvalue weighted by Gasteiger charge is 2.57. The third kappa shape index (κ3) is 0.565. The molecule has 1 saturated carbocycles. The molecule has 1 saturated heterocycles. The molecule has 3 aliphatic rings. The number of hydrogen-bond donors (Lipinski definition) is 2. The van der Waals surface area contributed by atoms with E-state index in [1.807, 2.05) is 0 Å². The first-order chi connectivity index (χ1) is 5.42. The van der Waals surface area contributed by atoms with Gasteiger partial charge in [0.1, 0.15) is 0 Å². The Labute approximate surface area is 66.3 Å². The molecule has 0 aromatic heterocycles. The molecule has 2 N–H and O–H groups in total. The van der Waals surface area contributed by atoms with Crippen LogP contribution in [0.4, 0.5) is 0 Å². The van der Waals surface area contributed by atoms with Crippen LogP contribution in [0.3, 0.4) is 0 Å². The van der Waals surface area contributed by atoms with Gasteiger partial charge in [0.25, 0.3) is 0 Å². The fraction of sp³-hybridized carbons (Fsp3) is 0.778. The van der Waals surface area contributed by atoms with E-state index in [1.54, 1.807) is 0 Å². The van der Waals surface area contributed by atoms with Crippen LogP contribution in [0.25, 0.3) is 0 Å². The summed E-state index contributed by atoms with van der Waals surface area (Å²) in [6.45, 7) is 1.44. The van der Waals surface area contributed by atoms with Gasteiger partial charge in [0, 0.05) is 6.04 Å². The summed E-state index contributed by atoms with van der Waals surface area (Å²) in [5.41, 5.74) is 0. The van der Waals surface area contributed by atoms with E-state index in [0.717, 1.165) is 30.2 Å². The predicted molar refractivity (Wildman–Crippen MR) is 42.0 cm³/mol. The van der Waals surface area contributed by atoms with Crippen molar-refractivity contribution < 1.29 is 5.11 Å². The monoisotopic (exact) mass is 151 g/mol. The molecule has 0 radical (unpaired) electrons. The summed E-state index contributed by atoms with van der Waals surface area (Å²) in [5, 5.41) is 12.4. The van der Waals surface area contributed by atoms with E-state index in [9.17, 15) is 0 Å². The first-order valence-electron chi connectivity index (χ1n) is 4.44. The van der Waals surface area contributed by atoms with Crippen LogP contribution in [-0.4, -0.2) is 24.3 Å². The second-order valence-corrected chi connectivity index (χ2v) is 3.98. The molecule has 0 bridgehead atoms. The summed E-state index contributed by atoms with van der Waals surface area (Å²) in [6.07, 6.45) is 4.63. The average Bonchev–Trinajstić information content (AvgIpc) is 2.30. The second-order valence-electron chi connectivity index (χ2n) is 3.98. The van der Waals surface area contributed by atoms with Crippen LogP contribution in [0.15, 0.2) is 12.2 Å². The SMILES string of the molecule is OC[C@H]1NC[C@H]2[C@@H]1C1C=C[C@H]12. The number of hydrogen-bond acceptors (Lipinski definition) is 2. The lowest BCUT2D eigenvalue weighted by Gasteiger charge is -2.52. The molecule has 5 atom stereocenters. The molecule has 1 unspecified atom stereocenters. The molecule has 1 heterocycles. The molecule has 2 heteroatoms. The molecule has 60 valence electrons. The van der Waals surface area contributed by atoms with Crippen molar-refractivity contribution in [1.82, 2.24) is 5.32 Å². The molecular formula is C9H13NO. The van der Waals surface area contributed by atoms with Crippen LogP contribution in [0.1, 0.15) is 0 Å². The summed E-state index contributed by atoms with van der Waals surface area (Å²) in [4.78, 5) is 0. The van der Waals surface area contributed by atoms with E-state index in [2.05, 4.69) is 17.5 Å². The molecule has 0 amide bonds. The highest BCUT2D eigenvalue weighted by atomic mass is 16.3. The summed E-state index contributed by atoms with van der Waals surface area (Å²) in [6, 6.07) is 0.395. The maximum absolute atomic E-state index is 9.03. The van der Waals surface area contributed by atoms with E-state index >= 15 is 0 Å². The fourth-order valence-electron chi connectivity index (χ4n) is 3.03. The Morgan fingerprint density at radius 1 is 1.36 bits per heavy atom. The molecule has 3 rings (SSSR count). The summed E-state index contributed by atoms with van der Waals surface area (Å²) < 4.78 is 0. The van der Waals surface area contributed by atoms with Gasteiger partial charge in [0.2, 0.25) is 0 Å². The number of fused-ring (bicyclic) bond motifs is 4. The van der Waals surface area contributed by atoms with Gasteiger partial charge in [-0.15, -0.1) is 0 Å². The van der Waals surface area contributed by atoms with Crippen molar-refractivity contribution in [3.8, 4) is 0 Å². The minimum Gasteiger partial charge on any atom is -0.395 e. The van der Waals surface area contributed by atoms with Crippen LogP contribution >= 0.6 is 0 Å². The third-order valence-electron chi connectivity index (χ3n) is 3.71. The van der Waals surface area contributed by atoms with Crippen molar-refractivity contribution in [1.29, 1.82) is 0 Å². The van der Waals surface area contributed by atoms with Gasteiger partial charge in [-0.1, -0.05) is 12.2 Å². The first kappa shape index (κ1) is 6.21. The molecule has 2 fully saturated rings. The Kier molecular flexibility index (Phi) is 1.06. The Morgan fingerprint density at radius 2 is 2.18 bits per heavy atom. The number of rotatable bonds is 1. The van der Waals surface area contributed by atoms with Crippen LogP contribution < -0.4 is 5.32 Å². The quantitative estimate of drug-likeness (QED) is 0.517. The maximum Gasteiger partial charge on any atom is 0.0587 e. The zero-order valence-electron chi connectivity index (χ0n) is 6.40. The van der Waals surface area contributed by atoms with Gasteiger partial charge < -0.3 is 10.4 Å². The van der Waals surface area contributed by atoms with E-state index in [4.69, 9.17) is 5.11 Å². The highest BCUT2D eigenvalue weighted by Crippen LogP contribution is 2.56. The molecule has 0 aromatic rings. The van der Waals surface area contributed by atoms with E-state index in [0.29, 0.717) is 12.6 Å². The molecule has 0 aromatic carbocycles. The Bertz CT molecular complexity index is 214. The number of allylic oxidation sites excluding steroid dienone is 2. The van der Waals surface area contributed by atoms with Crippen molar-refractivity contribution in [2.24, 2.45) is 23.7 Å². The lowest BCUT2D eigenvalue weighted by Crippen LogP contribution is -2.51. The predicted octanol–water partition coefficient (Wildman–Crippen LogP) is -0.00130. The number of nitrogens with one attached hydrogen (secondary N) is 1. The summed E-state index contributed by atoms with van der Waals surface area (Å²) in [7, 11) is 0. The minimum absolute atomic E-state index is 0.318. The van der Waals surface area contributed by atoms with Gasteiger partial charge in [-0.3, -0.25) is 0 Å². The van der Waals surface area contributed by atoms with Gasteiger partial charge in [-0.25, -0.2) is 0 Å². The van der Waals surface area contributed by atoms with Crippen molar-refractivity contribution >= 4 is 0 Å². The van der Waals surface area contributed by atoms with Gasteiger partial charge in [0.15, 0.2) is 0 Å². The minimum atomic E-state index is 0.318. The fourth-order valence-corrected chi connectivity index (χ4v) is 3.03. The van der Waals surface area contributed by atoms with Crippen LogP contribution in [0.5, 0.6) is 0 Å². The van der Waals surface area contributed by atoms with Crippen molar-refractivity contribution in [3.63, 3.8) is 0 Å². The molecule has 0 spiro atoms. The maximum atomic E-state index is 9.03. The van der Waals surface area contributed by atoms with Crippen LogP contribution in [-0.2, 0) is 0 Å². The van der Waals surface area contributed by atoms with Crippen molar-refractivity contribution in [3.05, 3.63) is 12.2 Å². The number of aliphatic hydroxyl groups excluding tert-OH is 1. The highest BCUT2D eigenvalue weighted by molar-refractivity contribution is 5.25.